The molecule has 9 rings (SSSR count). The standard InChI is InChI=1S/C32H22N2Si/c1-35(2)26-14-8-13-23-28(26)31-27(35)18-17-24-29(31)30-25(33(24)19-9-4-3-5-10-19)16-15-21-20-11-6-7-12-22(20)34(23)32(21)30/h3-18H,1-2H3. The van der Waals surface area contributed by atoms with Crippen molar-refractivity contribution < 1.29 is 0 Å². The van der Waals surface area contributed by atoms with Gasteiger partial charge in [0, 0.05) is 32.6 Å². The molecule has 0 spiro atoms. The van der Waals surface area contributed by atoms with Gasteiger partial charge >= 0.3 is 0 Å². The van der Waals surface area contributed by atoms with E-state index in [1.54, 1.807) is 10.4 Å². The maximum absolute atomic E-state index is 2.57. The lowest BCUT2D eigenvalue weighted by Gasteiger charge is -2.19. The zero-order valence-electron chi connectivity index (χ0n) is 19.6. The van der Waals surface area contributed by atoms with E-state index in [0.29, 0.717) is 0 Å². The summed E-state index contributed by atoms with van der Waals surface area (Å²) < 4.78 is 5.05. The Morgan fingerprint density at radius 3 is 2.09 bits per heavy atom. The van der Waals surface area contributed by atoms with Gasteiger partial charge in [-0.1, -0.05) is 73.8 Å². The first kappa shape index (κ1) is 18.3. The Hall–Kier alpha value is -4.08. The van der Waals surface area contributed by atoms with Gasteiger partial charge < -0.3 is 8.97 Å². The highest BCUT2D eigenvalue weighted by Gasteiger charge is 2.38. The molecule has 3 heteroatoms. The summed E-state index contributed by atoms with van der Waals surface area (Å²) in [5, 5.41) is 11.6. The summed E-state index contributed by atoms with van der Waals surface area (Å²) in [7, 11) is -1.81. The van der Waals surface area contributed by atoms with E-state index in [4.69, 9.17) is 0 Å². The molecule has 0 unspecified atom stereocenters. The van der Waals surface area contributed by atoms with Crippen LogP contribution in [0.3, 0.4) is 0 Å². The average Bonchev–Trinajstić information content (AvgIpc) is 3.44. The Kier molecular flexibility index (Phi) is 3.01. The zero-order chi connectivity index (χ0) is 23.1. The highest BCUT2D eigenvalue weighted by Crippen LogP contribution is 2.46. The van der Waals surface area contributed by atoms with Crippen LogP contribution in [0.4, 0.5) is 0 Å². The van der Waals surface area contributed by atoms with Gasteiger partial charge in [-0.25, -0.2) is 0 Å². The number of hydrogen-bond donors (Lipinski definition) is 0. The smallest absolute Gasteiger partial charge is 0.113 e. The van der Waals surface area contributed by atoms with Gasteiger partial charge in [0.1, 0.15) is 8.07 Å². The normalized spacial score (nSPS) is 14.8. The van der Waals surface area contributed by atoms with Gasteiger partial charge in [-0.15, -0.1) is 0 Å². The van der Waals surface area contributed by atoms with E-state index in [-0.39, 0.29) is 0 Å². The van der Waals surface area contributed by atoms with Gasteiger partial charge in [0.05, 0.1) is 27.6 Å². The largest absolute Gasteiger partial charge is 0.309 e. The van der Waals surface area contributed by atoms with Gasteiger partial charge in [-0.3, -0.25) is 0 Å². The second-order valence-electron chi connectivity index (χ2n) is 10.6. The Balaban J connectivity index is 1.74. The molecule has 2 nitrogen and oxygen atoms in total. The Labute approximate surface area is 203 Å². The number of hydrogen-bond acceptors (Lipinski definition) is 0. The predicted octanol–water partition coefficient (Wildman–Crippen LogP) is 7.07. The molecule has 5 aromatic carbocycles. The van der Waals surface area contributed by atoms with Crippen LogP contribution in [-0.4, -0.2) is 17.0 Å². The molecule has 0 amide bonds. The van der Waals surface area contributed by atoms with E-state index in [0.717, 1.165) is 0 Å². The first-order valence-electron chi connectivity index (χ1n) is 12.4. The van der Waals surface area contributed by atoms with Gasteiger partial charge in [-0.2, -0.15) is 0 Å². The first-order valence-corrected chi connectivity index (χ1v) is 15.4. The van der Waals surface area contributed by atoms with Crippen molar-refractivity contribution in [2.24, 2.45) is 0 Å². The van der Waals surface area contributed by atoms with Crippen LogP contribution in [0.5, 0.6) is 0 Å². The molecule has 1 aliphatic heterocycles. The summed E-state index contributed by atoms with van der Waals surface area (Å²) in [6, 6.07) is 36.3. The SMILES string of the molecule is C[Si]1(C)c2ccc3c4c2c2c1cccc2n1c2ccccc2c2ccc(c4c21)n3-c1ccccc1. The van der Waals surface area contributed by atoms with Crippen LogP contribution in [0.25, 0.3) is 65.6 Å². The second kappa shape index (κ2) is 5.76. The van der Waals surface area contributed by atoms with Crippen molar-refractivity contribution >= 4 is 78.3 Å². The summed E-state index contributed by atoms with van der Waals surface area (Å²) in [6.45, 7) is 5.05. The Morgan fingerprint density at radius 1 is 0.486 bits per heavy atom. The lowest BCUT2D eigenvalue weighted by Crippen LogP contribution is -2.49. The molecule has 0 aliphatic carbocycles. The molecule has 1 aliphatic rings. The van der Waals surface area contributed by atoms with Crippen LogP contribution in [0.1, 0.15) is 0 Å². The number of fused-ring (bicyclic) bond motifs is 4. The zero-order valence-corrected chi connectivity index (χ0v) is 20.6. The first-order chi connectivity index (χ1) is 17.2. The molecule has 3 aromatic heterocycles. The van der Waals surface area contributed by atoms with Crippen LogP contribution in [0.15, 0.2) is 97.1 Å². The molecule has 0 saturated carbocycles. The van der Waals surface area contributed by atoms with Crippen LogP contribution in [0, 0.1) is 0 Å². The molecule has 0 bridgehead atoms. The summed E-state index contributed by atoms with van der Waals surface area (Å²) in [4.78, 5) is 0. The number of benzene rings is 5. The van der Waals surface area contributed by atoms with E-state index in [1.165, 1.54) is 65.6 Å². The second-order valence-corrected chi connectivity index (χ2v) is 14.9. The van der Waals surface area contributed by atoms with Crippen molar-refractivity contribution in [3.63, 3.8) is 0 Å². The van der Waals surface area contributed by atoms with E-state index in [1.807, 2.05) is 0 Å². The number of nitrogens with zero attached hydrogens (tertiary/aromatic N) is 2. The summed E-state index contributed by atoms with van der Waals surface area (Å²) in [5.74, 6) is 0. The number of rotatable bonds is 1. The third-order valence-electron chi connectivity index (χ3n) is 8.62. The Bertz CT molecular complexity index is 2180. The summed E-state index contributed by atoms with van der Waals surface area (Å²) in [6.07, 6.45) is 0. The van der Waals surface area contributed by atoms with E-state index >= 15 is 0 Å². The molecular formula is C32H22N2Si. The lowest BCUT2D eigenvalue weighted by molar-refractivity contribution is 1.18. The Morgan fingerprint density at radius 2 is 1.20 bits per heavy atom. The van der Waals surface area contributed by atoms with Crippen LogP contribution >= 0.6 is 0 Å². The van der Waals surface area contributed by atoms with Crippen molar-refractivity contribution in [2.75, 3.05) is 0 Å². The van der Waals surface area contributed by atoms with Crippen molar-refractivity contribution in [2.45, 2.75) is 13.1 Å². The van der Waals surface area contributed by atoms with Gasteiger partial charge in [-0.05, 0) is 52.2 Å². The highest BCUT2D eigenvalue weighted by molar-refractivity contribution is 7.05. The minimum absolute atomic E-state index is 1.22. The molecule has 0 fully saturated rings. The van der Waals surface area contributed by atoms with E-state index < -0.39 is 8.07 Å². The maximum atomic E-state index is 2.57. The summed E-state index contributed by atoms with van der Waals surface area (Å²) in [5.41, 5.74) is 7.80. The third-order valence-corrected chi connectivity index (χ3v) is 12.2. The average molecular weight is 463 g/mol. The minimum atomic E-state index is -1.81. The van der Waals surface area contributed by atoms with Crippen LogP contribution in [-0.2, 0) is 0 Å². The van der Waals surface area contributed by atoms with E-state index in [9.17, 15) is 0 Å². The molecule has 8 aromatic rings. The van der Waals surface area contributed by atoms with E-state index in [2.05, 4.69) is 119 Å². The number of para-hydroxylation sites is 2. The van der Waals surface area contributed by atoms with Crippen molar-refractivity contribution in [1.82, 2.24) is 8.97 Å². The monoisotopic (exact) mass is 462 g/mol. The molecule has 0 atom stereocenters. The topological polar surface area (TPSA) is 9.34 Å². The highest BCUT2D eigenvalue weighted by atomic mass is 28.3. The quantitative estimate of drug-likeness (QED) is 0.231. The summed E-state index contributed by atoms with van der Waals surface area (Å²) >= 11 is 0. The minimum Gasteiger partial charge on any atom is -0.309 e. The molecule has 35 heavy (non-hydrogen) atoms. The fourth-order valence-corrected chi connectivity index (χ4v) is 10.2. The predicted molar refractivity (Wildman–Crippen MR) is 152 cm³/mol. The molecule has 0 saturated heterocycles. The van der Waals surface area contributed by atoms with Gasteiger partial charge in [0.25, 0.3) is 0 Å². The molecule has 0 radical (unpaired) electrons. The third kappa shape index (κ3) is 1.90. The van der Waals surface area contributed by atoms with Crippen LogP contribution in [0.2, 0.25) is 13.1 Å². The maximum Gasteiger partial charge on any atom is 0.113 e. The lowest BCUT2D eigenvalue weighted by atomic mass is 10.0. The molecule has 164 valence electrons. The molecule has 0 N–H and O–H groups in total. The van der Waals surface area contributed by atoms with Crippen molar-refractivity contribution in [3.05, 3.63) is 97.1 Å². The molecular weight excluding hydrogens is 440 g/mol. The number of aromatic nitrogens is 2. The van der Waals surface area contributed by atoms with Crippen LogP contribution < -0.4 is 10.4 Å². The fraction of sp³-hybridized carbons (Fsp3) is 0.0625. The van der Waals surface area contributed by atoms with Gasteiger partial charge in [0.15, 0.2) is 0 Å². The fourth-order valence-electron chi connectivity index (χ4n) is 7.18. The molecule has 4 heterocycles. The van der Waals surface area contributed by atoms with Crippen molar-refractivity contribution in [1.29, 1.82) is 0 Å². The van der Waals surface area contributed by atoms with Crippen molar-refractivity contribution in [3.8, 4) is 5.69 Å². The van der Waals surface area contributed by atoms with Gasteiger partial charge in [0.2, 0.25) is 0 Å².